The second kappa shape index (κ2) is 10.1. The Morgan fingerprint density at radius 3 is 2.71 bits per heavy atom. The average Bonchev–Trinajstić information content (AvgIpc) is 3.15. The SMILES string of the molecule is CCn1c(COc2ccc(C)c(C)c2)nnc1SCC(=O)Nc1cccc([N+](=O)[O-])c1. The third-order valence-corrected chi connectivity index (χ3v) is 5.60. The van der Waals surface area contributed by atoms with Gasteiger partial charge < -0.3 is 14.6 Å². The molecular weight excluding hydrogens is 418 g/mol. The third-order valence-electron chi connectivity index (χ3n) is 4.63. The lowest BCUT2D eigenvalue weighted by Crippen LogP contribution is -2.15. The van der Waals surface area contributed by atoms with Crippen molar-refractivity contribution >= 4 is 29.0 Å². The van der Waals surface area contributed by atoms with Crippen molar-refractivity contribution in [1.82, 2.24) is 14.8 Å². The number of nitrogens with one attached hydrogen (secondary N) is 1. The Labute approximate surface area is 184 Å². The molecule has 1 aromatic heterocycles. The van der Waals surface area contributed by atoms with E-state index in [1.807, 2.05) is 43.5 Å². The molecule has 3 aromatic rings. The summed E-state index contributed by atoms with van der Waals surface area (Å²) in [6.07, 6.45) is 0. The maximum absolute atomic E-state index is 12.3. The van der Waals surface area contributed by atoms with E-state index in [0.29, 0.717) is 23.2 Å². The number of nitro benzene ring substituents is 1. The summed E-state index contributed by atoms with van der Waals surface area (Å²) in [5.74, 6) is 1.24. The molecule has 0 fully saturated rings. The van der Waals surface area contributed by atoms with Crippen LogP contribution in [-0.4, -0.2) is 31.3 Å². The highest BCUT2D eigenvalue weighted by Gasteiger charge is 2.15. The Balaban J connectivity index is 1.58. The number of non-ortho nitro benzene ring substituents is 1. The quantitative estimate of drug-likeness (QED) is 0.302. The minimum absolute atomic E-state index is 0.0791. The first-order valence-electron chi connectivity index (χ1n) is 9.66. The lowest BCUT2D eigenvalue weighted by atomic mass is 10.1. The number of carbonyl (C=O) groups excluding carboxylic acids is 1. The van der Waals surface area contributed by atoms with Crippen molar-refractivity contribution < 1.29 is 14.5 Å². The van der Waals surface area contributed by atoms with Crippen molar-refractivity contribution in [3.8, 4) is 5.75 Å². The fourth-order valence-electron chi connectivity index (χ4n) is 2.83. The predicted octanol–water partition coefficient (Wildman–Crippen LogP) is 4.13. The summed E-state index contributed by atoms with van der Waals surface area (Å²) in [5.41, 5.74) is 2.65. The van der Waals surface area contributed by atoms with Gasteiger partial charge in [-0.3, -0.25) is 14.9 Å². The van der Waals surface area contributed by atoms with E-state index in [1.54, 1.807) is 6.07 Å². The van der Waals surface area contributed by atoms with Crippen molar-refractivity contribution in [3.63, 3.8) is 0 Å². The fourth-order valence-corrected chi connectivity index (χ4v) is 3.65. The van der Waals surface area contributed by atoms with Gasteiger partial charge in [0.05, 0.1) is 10.7 Å². The minimum Gasteiger partial charge on any atom is -0.486 e. The second-order valence-corrected chi connectivity index (χ2v) is 7.76. The first-order valence-corrected chi connectivity index (χ1v) is 10.6. The van der Waals surface area contributed by atoms with E-state index in [4.69, 9.17) is 4.74 Å². The number of aryl methyl sites for hydroxylation is 2. The molecule has 1 amide bonds. The number of ether oxygens (including phenoxy) is 1. The molecule has 0 bridgehead atoms. The number of anilines is 1. The van der Waals surface area contributed by atoms with Crippen LogP contribution in [0.25, 0.3) is 0 Å². The first kappa shape index (κ1) is 22.3. The van der Waals surface area contributed by atoms with Crippen LogP contribution < -0.4 is 10.1 Å². The maximum Gasteiger partial charge on any atom is 0.271 e. The molecule has 0 aliphatic carbocycles. The van der Waals surface area contributed by atoms with Crippen LogP contribution in [0.15, 0.2) is 47.6 Å². The molecule has 31 heavy (non-hydrogen) atoms. The molecule has 9 nitrogen and oxygen atoms in total. The molecule has 0 atom stereocenters. The van der Waals surface area contributed by atoms with Gasteiger partial charge in [0.15, 0.2) is 11.0 Å². The highest BCUT2D eigenvalue weighted by atomic mass is 32.2. The topological polar surface area (TPSA) is 112 Å². The van der Waals surface area contributed by atoms with Gasteiger partial charge in [0, 0.05) is 24.4 Å². The fraction of sp³-hybridized carbons (Fsp3) is 0.286. The van der Waals surface area contributed by atoms with E-state index in [2.05, 4.69) is 15.5 Å². The number of nitrogens with zero attached hydrogens (tertiary/aromatic N) is 4. The third kappa shape index (κ3) is 5.82. The highest BCUT2D eigenvalue weighted by Crippen LogP contribution is 2.21. The van der Waals surface area contributed by atoms with Crippen molar-refractivity contribution in [2.75, 3.05) is 11.1 Å². The zero-order valence-corrected chi connectivity index (χ0v) is 18.3. The molecule has 1 heterocycles. The van der Waals surface area contributed by atoms with Gasteiger partial charge >= 0.3 is 0 Å². The molecule has 0 aliphatic heterocycles. The Kier molecular flexibility index (Phi) is 7.24. The molecule has 0 radical (unpaired) electrons. The van der Waals surface area contributed by atoms with Gasteiger partial charge in [-0.2, -0.15) is 0 Å². The lowest BCUT2D eigenvalue weighted by molar-refractivity contribution is -0.384. The Bertz CT molecular complexity index is 1100. The highest BCUT2D eigenvalue weighted by molar-refractivity contribution is 7.99. The van der Waals surface area contributed by atoms with Crippen LogP contribution in [0.1, 0.15) is 23.9 Å². The van der Waals surface area contributed by atoms with Crippen LogP contribution in [0.2, 0.25) is 0 Å². The van der Waals surface area contributed by atoms with Gasteiger partial charge in [-0.25, -0.2) is 0 Å². The van der Waals surface area contributed by atoms with Gasteiger partial charge in [-0.15, -0.1) is 10.2 Å². The number of hydrogen-bond acceptors (Lipinski definition) is 7. The van der Waals surface area contributed by atoms with Crippen LogP contribution in [0.5, 0.6) is 5.75 Å². The van der Waals surface area contributed by atoms with E-state index in [9.17, 15) is 14.9 Å². The average molecular weight is 442 g/mol. The zero-order chi connectivity index (χ0) is 22.4. The number of nitro groups is 1. The van der Waals surface area contributed by atoms with Crippen molar-refractivity contribution in [2.45, 2.75) is 39.1 Å². The van der Waals surface area contributed by atoms with Crippen LogP contribution >= 0.6 is 11.8 Å². The van der Waals surface area contributed by atoms with Gasteiger partial charge in [-0.1, -0.05) is 23.9 Å². The number of amides is 1. The lowest BCUT2D eigenvalue weighted by Gasteiger charge is -2.10. The van der Waals surface area contributed by atoms with Crippen molar-refractivity contribution in [3.05, 3.63) is 69.5 Å². The predicted molar refractivity (Wildman–Crippen MR) is 118 cm³/mol. The molecule has 162 valence electrons. The molecular formula is C21H23N5O4S. The van der Waals surface area contributed by atoms with Crippen LogP contribution in [0, 0.1) is 24.0 Å². The van der Waals surface area contributed by atoms with Crippen LogP contribution in [0.4, 0.5) is 11.4 Å². The molecule has 3 rings (SSSR count). The standard InChI is InChI=1S/C21H23N5O4S/c1-4-25-19(12-30-18-9-8-14(2)15(3)10-18)23-24-21(25)31-13-20(27)22-16-6-5-7-17(11-16)26(28)29/h5-11H,4,12-13H2,1-3H3,(H,22,27). The van der Waals surface area contributed by atoms with Crippen LogP contribution in [0.3, 0.4) is 0 Å². The summed E-state index contributed by atoms with van der Waals surface area (Å²) < 4.78 is 7.75. The summed E-state index contributed by atoms with van der Waals surface area (Å²) in [6, 6.07) is 11.7. The van der Waals surface area contributed by atoms with Crippen molar-refractivity contribution in [1.29, 1.82) is 0 Å². The summed E-state index contributed by atoms with van der Waals surface area (Å²) >= 11 is 1.24. The number of hydrogen-bond donors (Lipinski definition) is 1. The smallest absolute Gasteiger partial charge is 0.271 e. The number of benzene rings is 2. The van der Waals surface area contributed by atoms with E-state index in [1.165, 1.54) is 35.5 Å². The van der Waals surface area contributed by atoms with Gasteiger partial charge in [0.25, 0.3) is 5.69 Å². The number of rotatable bonds is 9. The molecule has 2 aromatic carbocycles. The number of carbonyl (C=O) groups is 1. The maximum atomic E-state index is 12.3. The normalized spacial score (nSPS) is 10.7. The molecule has 0 aliphatic rings. The van der Waals surface area contributed by atoms with E-state index in [-0.39, 0.29) is 24.0 Å². The summed E-state index contributed by atoms with van der Waals surface area (Å²) in [4.78, 5) is 22.6. The summed E-state index contributed by atoms with van der Waals surface area (Å²) in [6.45, 7) is 6.95. The Hall–Kier alpha value is -3.40. The Morgan fingerprint density at radius 1 is 1.19 bits per heavy atom. The molecule has 0 saturated heterocycles. The Morgan fingerprint density at radius 2 is 2.00 bits per heavy atom. The first-order chi connectivity index (χ1) is 14.9. The van der Waals surface area contributed by atoms with Crippen LogP contribution in [-0.2, 0) is 17.9 Å². The zero-order valence-electron chi connectivity index (χ0n) is 17.5. The van der Waals surface area contributed by atoms with Crippen molar-refractivity contribution in [2.24, 2.45) is 0 Å². The summed E-state index contributed by atoms with van der Waals surface area (Å²) in [5, 5.41) is 22.5. The molecule has 0 spiro atoms. The largest absolute Gasteiger partial charge is 0.486 e. The number of aromatic nitrogens is 3. The summed E-state index contributed by atoms with van der Waals surface area (Å²) in [7, 11) is 0. The second-order valence-electron chi connectivity index (χ2n) is 6.82. The van der Waals surface area contributed by atoms with E-state index >= 15 is 0 Å². The molecule has 0 saturated carbocycles. The molecule has 0 unspecified atom stereocenters. The van der Waals surface area contributed by atoms with Gasteiger partial charge in [0.2, 0.25) is 5.91 Å². The monoisotopic (exact) mass is 441 g/mol. The van der Waals surface area contributed by atoms with E-state index in [0.717, 1.165) is 11.3 Å². The molecule has 10 heteroatoms. The minimum atomic E-state index is -0.504. The molecule has 1 N–H and O–H groups in total. The number of thioether (sulfide) groups is 1. The van der Waals surface area contributed by atoms with E-state index < -0.39 is 4.92 Å². The van der Waals surface area contributed by atoms with Gasteiger partial charge in [-0.05, 0) is 50.1 Å². The van der Waals surface area contributed by atoms with Gasteiger partial charge in [0.1, 0.15) is 12.4 Å².